The van der Waals surface area contributed by atoms with Gasteiger partial charge in [-0.2, -0.15) is 0 Å². The SMILES string of the molecule is O=C1c2ccc(Cl)cc2Cc2ccc3ccccc3c21. The number of carbonyl (C=O) groups excluding carboxylic acids is 1. The maximum atomic E-state index is 12.8. The topological polar surface area (TPSA) is 17.1 Å². The van der Waals surface area contributed by atoms with E-state index in [1.807, 2.05) is 36.4 Å². The molecule has 20 heavy (non-hydrogen) atoms. The summed E-state index contributed by atoms with van der Waals surface area (Å²) >= 11 is 6.04. The highest BCUT2D eigenvalue weighted by atomic mass is 35.5. The van der Waals surface area contributed by atoms with Crippen LogP contribution < -0.4 is 0 Å². The summed E-state index contributed by atoms with van der Waals surface area (Å²) in [6.07, 6.45) is 0.766. The molecule has 0 atom stereocenters. The second-order valence-corrected chi connectivity index (χ2v) is 5.56. The van der Waals surface area contributed by atoms with Crippen LogP contribution in [-0.4, -0.2) is 5.78 Å². The van der Waals surface area contributed by atoms with Gasteiger partial charge in [-0.25, -0.2) is 0 Å². The van der Waals surface area contributed by atoms with Crippen LogP contribution in [0.3, 0.4) is 0 Å². The van der Waals surface area contributed by atoms with Crippen LogP contribution in [0.4, 0.5) is 0 Å². The third-order valence-electron chi connectivity index (χ3n) is 3.94. The van der Waals surface area contributed by atoms with E-state index in [4.69, 9.17) is 11.6 Å². The first-order chi connectivity index (χ1) is 9.74. The molecule has 0 spiro atoms. The Bertz CT molecular complexity index is 864. The largest absolute Gasteiger partial charge is 0.289 e. The van der Waals surface area contributed by atoms with E-state index >= 15 is 0 Å². The second-order valence-electron chi connectivity index (χ2n) is 5.13. The number of hydrogen-bond acceptors (Lipinski definition) is 1. The van der Waals surface area contributed by atoms with Gasteiger partial charge in [-0.15, -0.1) is 0 Å². The van der Waals surface area contributed by atoms with Gasteiger partial charge in [0.2, 0.25) is 0 Å². The van der Waals surface area contributed by atoms with Crippen molar-refractivity contribution in [1.29, 1.82) is 0 Å². The molecule has 0 radical (unpaired) electrons. The number of carbonyl (C=O) groups is 1. The number of ketones is 1. The lowest BCUT2D eigenvalue weighted by molar-refractivity contribution is 0.103. The molecule has 4 rings (SSSR count). The fourth-order valence-electron chi connectivity index (χ4n) is 3.00. The van der Waals surface area contributed by atoms with Crippen LogP contribution in [0.2, 0.25) is 5.02 Å². The van der Waals surface area contributed by atoms with E-state index in [-0.39, 0.29) is 5.78 Å². The Morgan fingerprint density at radius 1 is 0.900 bits per heavy atom. The maximum Gasteiger partial charge on any atom is 0.194 e. The van der Waals surface area contributed by atoms with Gasteiger partial charge in [0, 0.05) is 16.1 Å². The average Bonchev–Trinajstić information content (AvgIpc) is 2.46. The summed E-state index contributed by atoms with van der Waals surface area (Å²) in [5, 5.41) is 2.83. The van der Waals surface area contributed by atoms with Crippen molar-refractivity contribution in [2.24, 2.45) is 0 Å². The molecule has 0 heterocycles. The molecule has 2 heteroatoms. The Kier molecular flexibility index (Phi) is 2.45. The van der Waals surface area contributed by atoms with Crippen LogP contribution in [0, 0.1) is 0 Å². The molecule has 96 valence electrons. The van der Waals surface area contributed by atoms with Crippen molar-refractivity contribution < 1.29 is 4.79 Å². The molecule has 1 aliphatic rings. The van der Waals surface area contributed by atoms with Gasteiger partial charge in [0.05, 0.1) is 0 Å². The van der Waals surface area contributed by atoms with Crippen LogP contribution in [0.1, 0.15) is 27.0 Å². The van der Waals surface area contributed by atoms with Crippen molar-refractivity contribution in [2.75, 3.05) is 0 Å². The van der Waals surface area contributed by atoms with Gasteiger partial charge < -0.3 is 0 Å². The summed E-state index contributed by atoms with van der Waals surface area (Å²) in [4.78, 5) is 12.8. The zero-order valence-corrected chi connectivity index (χ0v) is 11.4. The predicted molar refractivity (Wildman–Crippen MR) is 81.6 cm³/mol. The highest BCUT2D eigenvalue weighted by Gasteiger charge is 2.24. The van der Waals surface area contributed by atoms with Gasteiger partial charge in [-0.05, 0) is 46.5 Å². The minimum absolute atomic E-state index is 0.106. The molecule has 0 unspecified atom stereocenters. The monoisotopic (exact) mass is 278 g/mol. The lowest BCUT2D eigenvalue weighted by atomic mass is 9.82. The Morgan fingerprint density at radius 3 is 2.65 bits per heavy atom. The number of benzene rings is 3. The quantitative estimate of drug-likeness (QED) is 0.458. The normalized spacial score (nSPS) is 13.2. The van der Waals surface area contributed by atoms with Gasteiger partial charge in [0.15, 0.2) is 5.78 Å². The molecule has 0 saturated heterocycles. The van der Waals surface area contributed by atoms with Crippen LogP contribution in [-0.2, 0) is 6.42 Å². The number of rotatable bonds is 0. The van der Waals surface area contributed by atoms with Gasteiger partial charge in [0.25, 0.3) is 0 Å². The third-order valence-corrected chi connectivity index (χ3v) is 4.17. The fraction of sp³-hybridized carbons (Fsp3) is 0.0556. The molecule has 1 nitrogen and oxygen atoms in total. The molecule has 0 aromatic heterocycles. The first-order valence-electron chi connectivity index (χ1n) is 6.58. The Hall–Kier alpha value is -2.12. The van der Waals surface area contributed by atoms with Crippen molar-refractivity contribution in [2.45, 2.75) is 6.42 Å². The standard InChI is InChI=1S/C18H11ClO/c19-14-7-8-16-13(10-14)9-12-6-5-11-3-1-2-4-15(11)17(12)18(16)20/h1-8,10H,9H2. The van der Waals surface area contributed by atoms with E-state index < -0.39 is 0 Å². The number of halogens is 1. The smallest absolute Gasteiger partial charge is 0.194 e. The highest BCUT2D eigenvalue weighted by Crippen LogP contribution is 2.33. The van der Waals surface area contributed by atoms with Crippen molar-refractivity contribution in [1.82, 2.24) is 0 Å². The molecule has 1 aliphatic carbocycles. The van der Waals surface area contributed by atoms with Gasteiger partial charge in [-0.3, -0.25) is 4.79 Å². The molecule has 0 fully saturated rings. The minimum atomic E-state index is 0.106. The van der Waals surface area contributed by atoms with Crippen molar-refractivity contribution in [3.8, 4) is 0 Å². The first kappa shape index (κ1) is 11.7. The molecular formula is C18H11ClO. The highest BCUT2D eigenvalue weighted by molar-refractivity contribution is 6.31. The van der Waals surface area contributed by atoms with Crippen molar-refractivity contribution in [3.63, 3.8) is 0 Å². The van der Waals surface area contributed by atoms with E-state index in [9.17, 15) is 4.79 Å². The summed E-state index contributed by atoms with van der Waals surface area (Å²) in [5.41, 5.74) is 3.73. The molecule has 3 aromatic carbocycles. The molecular weight excluding hydrogens is 268 g/mol. The summed E-state index contributed by atoms with van der Waals surface area (Å²) in [7, 11) is 0. The van der Waals surface area contributed by atoms with Gasteiger partial charge >= 0.3 is 0 Å². The number of fused-ring (bicyclic) bond motifs is 4. The lowest BCUT2D eigenvalue weighted by Crippen LogP contribution is -2.15. The maximum absolute atomic E-state index is 12.8. The minimum Gasteiger partial charge on any atom is -0.289 e. The van der Waals surface area contributed by atoms with Crippen LogP contribution in [0.5, 0.6) is 0 Å². The third kappa shape index (κ3) is 1.60. The molecule has 3 aromatic rings. The van der Waals surface area contributed by atoms with Crippen molar-refractivity contribution in [3.05, 3.63) is 81.9 Å². The van der Waals surface area contributed by atoms with Gasteiger partial charge in [-0.1, -0.05) is 48.0 Å². The predicted octanol–water partition coefficient (Wildman–Crippen LogP) is 4.63. The number of hydrogen-bond donors (Lipinski definition) is 0. The first-order valence-corrected chi connectivity index (χ1v) is 6.95. The zero-order chi connectivity index (χ0) is 13.7. The summed E-state index contributed by atoms with van der Waals surface area (Å²) in [6, 6.07) is 17.7. The summed E-state index contributed by atoms with van der Waals surface area (Å²) < 4.78 is 0. The van der Waals surface area contributed by atoms with E-state index in [2.05, 4.69) is 12.1 Å². The molecule has 0 amide bonds. The van der Waals surface area contributed by atoms with E-state index in [1.54, 1.807) is 6.07 Å². The van der Waals surface area contributed by atoms with Gasteiger partial charge in [0.1, 0.15) is 0 Å². The van der Waals surface area contributed by atoms with E-state index in [0.29, 0.717) is 5.02 Å². The van der Waals surface area contributed by atoms with E-state index in [1.165, 1.54) is 0 Å². The van der Waals surface area contributed by atoms with E-state index in [0.717, 1.165) is 39.4 Å². The second kappa shape index (κ2) is 4.19. The van der Waals surface area contributed by atoms with Crippen molar-refractivity contribution >= 4 is 28.2 Å². The molecule has 0 saturated carbocycles. The van der Waals surface area contributed by atoms with Crippen LogP contribution in [0.25, 0.3) is 10.8 Å². The molecule has 0 N–H and O–H groups in total. The lowest BCUT2D eigenvalue weighted by Gasteiger charge is -2.20. The summed E-state index contributed by atoms with van der Waals surface area (Å²) in [6.45, 7) is 0. The fourth-order valence-corrected chi connectivity index (χ4v) is 3.20. The average molecular weight is 279 g/mol. The molecule has 0 aliphatic heterocycles. The molecule has 0 bridgehead atoms. The zero-order valence-electron chi connectivity index (χ0n) is 10.7. The Morgan fingerprint density at radius 2 is 1.75 bits per heavy atom. The Labute approximate surface area is 121 Å². The van der Waals surface area contributed by atoms with Crippen LogP contribution >= 0.6 is 11.6 Å². The summed E-state index contributed by atoms with van der Waals surface area (Å²) in [5.74, 6) is 0.106. The Balaban J connectivity index is 2.03. The van der Waals surface area contributed by atoms with Crippen LogP contribution in [0.15, 0.2) is 54.6 Å².